The van der Waals surface area contributed by atoms with E-state index in [1.54, 1.807) is 10.7 Å². The Hall–Kier alpha value is -3.48. The first-order valence-electron chi connectivity index (χ1n) is 8.15. The number of nitrogens with one attached hydrogen (secondary N) is 2. The fraction of sp³-hybridized carbons (Fsp3) is 0.105. The van der Waals surface area contributed by atoms with Crippen LogP contribution in [-0.2, 0) is 6.54 Å². The number of aryl methyl sites for hydroxylation is 1. The summed E-state index contributed by atoms with van der Waals surface area (Å²) < 4.78 is 15.6. The second-order valence-electron chi connectivity index (χ2n) is 5.93. The fourth-order valence-corrected chi connectivity index (χ4v) is 2.82. The van der Waals surface area contributed by atoms with Gasteiger partial charge in [-0.1, -0.05) is 30.3 Å². The predicted molar refractivity (Wildman–Crippen MR) is 97.9 cm³/mol. The summed E-state index contributed by atoms with van der Waals surface area (Å²) in [5.41, 5.74) is 2.30. The summed E-state index contributed by atoms with van der Waals surface area (Å²) in [5, 5.41) is 7.65. The van der Waals surface area contributed by atoms with Gasteiger partial charge >= 0.3 is 0 Å². The van der Waals surface area contributed by atoms with Crippen LogP contribution in [0.4, 0.5) is 10.3 Å². The Morgan fingerprint density at radius 1 is 1.15 bits per heavy atom. The number of hydrogen-bond acceptors (Lipinski definition) is 4. The van der Waals surface area contributed by atoms with Crippen molar-refractivity contribution in [1.29, 1.82) is 0 Å². The maximum Gasteiger partial charge on any atom is 0.263 e. The van der Waals surface area contributed by atoms with Gasteiger partial charge in [0.25, 0.3) is 5.56 Å². The molecule has 0 amide bonds. The monoisotopic (exact) mass is 349 g/mol. The zero-order valence-electron chi connectivity index (χ0n) is 14.0. The van der Waals surface area contributed by atoms with Crippen LogP contribution in [0.15, 0.2) is 59.5 Å². The Morgan fingerprint density at radius 2 is 1.96 bits per heavy atom. The third-order valence-corrected chi connectivity index (χ3v) is 4.22. The fourth-order valence-electron chi connectivity index (χ4n) is 2.82. The van der Waals surface area contributed by atoms with E-state index in [2.05, 4.69) is 20.4 Å². The molecule has 0 aliphatic rings. The van der Waals surface area contributed by atoms with Gasteiger partial charge in [0.2, 0.25) is 5.95 Å². The lowest BCUT2D eigenvalue weighted by molar-refractivity contribution is 0.611. The Morgan fingerprint density at radius 3 is 2.73 bits per heavy atom. The maximum atomic E-state index is 14.0. The predicted octanol–water partition coefficient (Wildman–Crippen LogP) is 3.17. The molecule has 0 saturated heterocycles. The third kappa shape index (κ3) is 2.83. The minimum absolute atomic E-state index is 0.215. The molecule has 0 saturated carbocycles. The van der Waals surface area contributed by atoms with Gasteiger partial charge in [-0.05, 0) is 30.7 Å². The van der Waals surface area contributed by atoms with E-state index in [0.717, 1.165) is 11.3 Å². The van der Waals surface area contributed by atoms with Crippen molar-refractivity contribution in [2.24, 2.45) is 0 Å². The molecule has 0 bridgehead atoms. The molecule has 0 spiro atoms. The summed E-state index contributed by atoms with van der Waals surface area (Å²) in [4.78, 5) is 19.5. The number of fused-ring (bicyclic) bond motifs is 1. The second-order valence-corrected chi connectivity index (χ2v) is 5.93. The highest BCUT2D eigenvalue weighted by Crippen LogP contribution is 2.16. The number of aromatic amines is 1. The van der Waals surface area contributed by atoms with Gasteiger partial charge in [0.05, 0.1) is 11.9 Å². The van der Waals surface area contributed by atoms with Gasteiger partial charge in [-0.3, -0.25) is 9.78 Å². The molecule has 0 aliphatic carbocycles. The van der Waals surface area contributed by atoms with Gasteiger partial charge in [0, 0.05) is 12.1 Å². The molecule has 6 nitrogen and oxygen atoms in total. The molecule has 0 fully saturated rings. The number of rotatable bonds is 4. The second kappa shape index (κ2) is 6.44. The number of H-pyrrole nitrogens is 1. The van der Waals surface area contributed by atoms with E-state index in [0.29, 0.717) is 16.6 Å². The molecule has 2 heterocycles. The molecule has 0 unspecified atom stereocenters. The molecule has 7 heteroatoms. The lowest BCUT2D eigenvalue weighted by Gasteiger charge is -2.09. The number of aromatic nitrogens is 4. The molecule has 0 atom stereocenters. The maximum absolute atomic E-state index is 14.0. The number of anilines is 1. The number of nitrogens with zero attached hydrogens (tertiary/aromatic N) is 3. The van der Waals surface area contributed by atoms with Crippen molar-refractivity contribution in [2.45, 2.75) is 13.5 Å². The Labute approximate surface area is 148 Å². The molecule has 4 rings (SSSR count). The van der Waals surface area contributed by atoms with Gasteiger partial charge in [-0.25, -0.2) is 9.07 Å². The molecule has 2 N–H and O–H groups in total. The minimum Gasteiger partial charge on any atom is -0.351 e. The Kier molecular flexibility index (Phi) is 3.96. The number of hydrogen-bond donors (Lipinski definition) is 2. The molecule has 0 radical (unpaired) electrons. The largest absolute Gasteiger partial charge is 0.351 e. The molecular formula is C19H16FN5O. The van der Waals surface area contributed by atoms with E-state index < -0.39 is 0 Å². The van der Waals surface area contributed by atoms with Gasteiger partial charge in [-0.15, -0.1) is 0 Å². The zero-order chi connectivity index (χ0) is 18.1. The van der Waals surface area contributed by atoms with Crippen LogP contribution in [0.5, 0.6) is 0 Å². The first-order chi connectivity index (χ1) is 12.6. The Balaban J connectivity index is 1.72. The molecule has 0 aliphatic heterocycles. The summed E-state index contributed by atoms with van der Waals surface area (Å²) in [5.74, 6) is -0.0295. The lowest BCUT2D eigenvalue weighted by atomic mass is 10.1. The van der Waals surface area contributed by atoms with E-state index in [9.17, 15) is 9.18 Å². The highest BCUT2D eigenvalue weighted by Gasteiger charge is 2.12. The standard InChI is InChI=1S/C19H16FN5O/c1-12-6-5-9-16(20)14(12)10-21-19-23-17-15(18(26)24-19)11-22-25(17)13-7-3-2-4-8-13/h2-9,11H,10H2,1H3,(H2,21,23,24,26). The zero-order valence-corrected chi connectivity index (χ0v) is 14.0. The van der Waals surface area contributed by atoms with Crippen molar-refractivity contribution in [1.82, 2.24) is 19.7 Å². The first-order valence-corrected chi connectivity index (χ1v) is 8.15. The summed E-state index contributed by atoms with van der Waals surface area (Å²) in [6.07, 6.45) is 1.49. The molecule has 4 aromatic rings. The first kappa shape index (κ1) is 16.0. The lowest BCUT2D eigenvalue weighted by Crippen LogP contribution is -2.14. The van der Waals surface area contributed by atoms with Crippen LogP contribution in [0, 0.1) is 12.7 Å². The van der Waals surface area contributed by atoms with E-state index in [4.69, 9.17) is 0 Å². The van der Waals surface area contributed by atoms with Gasteiger partial charge < -0.3 is 5.32 Å². The third-order valence-electron chi connectivity index (χ3n) is 4.22. The topological polar surface area (TPSA) is 75.6 Å². The van der Waals surface area contributed by atoms with Gasteiger partial charge in [0.15, 0.2) is 5.65 Å². The van der Waals surface area contributed by atoms with Gasteiger partial charge in [-0.2, -0.15) is 10.1 Å². The van der Waals surface area contributed by atoms with Crippen LogP contribution in [0.1, 0.15) is 11.1 Å². The van der Waals surface area contributed by atoms with Crippen LogP contribution in [0.3, 0.4) is 0 Å². The van der Waals surface area contributed by atoms with Crippen LogP contribution in [0.25, 0.3) is 16.7 Å². The van der Waals surface area contributed by atoms with E-state index in [1.807, 2.05) is 43.3 Å². The Bertz CT molecular complexity index is 1110. The van der Waals surface area contributed by atoms with Crippen molar-refractivity contribution in [2.75, 3.05) is 5.32 Å². The normalized spacial score (nSPS) is 11.0. The van der Waals surface area contributed by atoms with Crippen LogP contribution in [0.2, 0.25) is 0 Å². The van der Waals surface area contributed by atoms with Crippen molar-refractivity contribution >= 4 is 17.0 Å². The van der Waals surface area contributed by atoms with Crippen LogP contribution >= 0.6 is 0 Å². The summed E-state index contributed by atoms with van der Waals surface area (Å²) >= 11 is 0. The van der Waals surface area contributed by atoms with E-state index >= 15 is 0 Å². The quantitative estimate of drug-likeness (QED) is 0.593. The summed E-state index contributed by atoms with van der Waals surface area (Å²) in [6, 6.07) is 14.3. The molecule has 2 aromatic carbocycles. The molecule has 2 aromatic heterocycles. The average Bonchev–Trinajstić information content (AvgIpc) is 3.06. The highest BCUT2D eigenvalue weighted by molar-refractivity contribution is 5.76. The SMILES string of the molecule is Cc1cccc(F)c1CNc1nc2c(cnn2-c2ccccc2)c(=O)[nH]1. The smallest absolute Gasteiger partial charge is 0.263 e. The van der Waals surface area contributed by atoms with Crippen LogP contribution in [-0.4, -0.2) is 19.7 Å². The van der Waals surface area contributed by atoms with Crippen LogP contribution < -0.4 is 10.9 Å². The van der Waals surface area contributed by atoms with Crippen molar-refractivity contribution in [3.63, 3.8) is 0 Å². The van der Waals surface area contributed by atoms with Crippen molar-refractivity contribution < 1.29 is 4.39 Å². The average molecular weight is 349 g/mol. The number of halogens is 1. The van der Waals surface area contributed by atoms with Crippen molar-refractivity contribution in [3.05, 3.63) is 82.0 Å². The minimum atomic E-state index is -0.301. The van der Waals surface area contributed by atoms with E-state index in [-0.39, 0.29) is 23.9 Å². The molecule has 26 heavy (non-hydrogen) atoms. The van der Waals surface area contributed by atoms with Gasteiger partial charge in [0.1, 0.15) is 11.2 Å². The highest BCUT2D eigenvalue weighted by atomic mass is 19.1. The molecule has 130 valence electrons. The van der Waals surface area contributed by atoms with Crippen molar-refractivity contribution in [3.8, 4) is 5.69 Å². The number of para-hydroxylation sites is 1. The molecular weight excluding hydrogens is 333 g/mol. The summed E-state index contributed by atoms with van der Waals surface area (Å²) in [6.45, 7) is 2.05. The number of benzene rings is 2. The van der Waals surface area contributed by atoms with E-state index in [1.165, 1.54) is 12.3 Å². The summed E-state index contributed by atoms with van der Waals surface area (Å²) in [7, 11) is 0.